The quantitative estimate of drug-likeness (QED) is 0.663. The molecule has 0 unspecified atom stereocenters. The number of thioether (sulfide) groups is 1. The van der Waals surface area contributed by atoms with E-state index in [1.165, 1.54) is 11.6 Å². The van der Waals surface area contributed by atoms with Gasteiger partial charge in [0.25, 0.3) is 0 Å². The monoisotopic (exact) mass is 276 g/mol. The Morgan fingerprint density at radius 2 is 1.95 bits per heavy atom. The summed E-state index contributed by atoms with van der Waals surface area (Å²) in [6.07, 6.45) is 0. The number of halogens is 1. The van der Waals surface area contributed by atoms with Crippen molar-refractivity contribution in [3.05, 3.63) is 59.4 Å². The predicted molar refractivity (Wildman–Crippen MR) is 77.0 cm³/mol. The molecule has 0 saturated carbocycles. The van der Waals surface area contributed by atoms with Gasteiger partial charge < -0.3 is 10.0 Å². The molecule has 0 amide bonds. The van der Waals surface area contributed by atoms with Gasteiger partial charge in [-0.2, -0.15) is 0 Å². The summed E-state index contributed by atoms with van der Waals surface area (Å²) in [5, 5.41) is 18.5. The van der Waals surface area contributed by atoms with Crippen LogP contribution in [-0.2, 0) is 5.75 Å². The number of aryl methyl sites for hydroxylation is 1. The van der Waals surface area contributed by atoms with Crippen LogP contribution in [0.2, 0.25) is 0 Å². The third kappa shape index (κ3) is 3.83. The molecule has 0 aliphatic carbocycles. The van der Waals surface area contributed by atoms with Crippen molar-refractivity contribution >= 4 is 24.3 Å². The van der Waals surface area contributed by atoms with E-state index in [9.17, 15) is 14.4 Å². The van der Waals surface area contributed by atoms with E-state index in [0.717, 1.165) is 16.5 Å². The average Bonchev–Trinajstić information content (AvgIpc) is 2.37. The maximum absolute atomic E-state index is 13.1. The minimum absolute atomic E-state index is 0.222. The van der Waals surface area contributed by atoms with Gasteiger partial charge in [-0.3, -0.25) is 0 Å². The number of hydrogen-bond donors (Lipinski definition) is 2. The highest BCUT2D eigenvalue weighted by molar-refractivity contribution is 7.98. The highest BCUT2D eigenvalue weighted by Crippen LogP contribution is 2.23. The van der Waals surface area contributed by atoms with E-state index in [1.54, 1.807) is 17.8 Å². The zero-order chi connectivity index (χ0) is 13.8. The summed E-state index contributed by atoms with van der Waals surface area (Å²) >= 11 is 1.58. The van der Waals surface area contributed by atoms with Gasteiger partial charge in [0.2, 0.25) is 0 Å². The molecule has 2 aromatic carbocycles. The Morgan fingerprint density at radius 3 is 2.63 bits per heavy atom. The van der Waals surface area contributed by atoms with E-state index in [-0.39, 0.29) is 5.46 Å². The largest absolute Gasteiger partial charge is 0.488 e. The first-order valence-corrected chi connectivity index (χ1v) is 6.89. The first-order valence-electron chi connectivity index (χ1n) is 5.90. The molecule has 0 heterocycles. The van der Waals surface area contributed by atoms with E-state index < -0.39 is 12.9 Å². The fourth-order valence-corrected chi connectivity index (χ4v) is 2.83. The van der Waals surface area contributed by atoms with Gasteiger partial charge >= 0.3 is 7.12 Å². The van der Waals surface area contributed by atoms with Crippen molar-refractivity contribution in [2.45, 2.75) is 17.6 Å². The molecule has 19 heavy (non-hydrogen) atoms. The molecule has 0 aliphatic heterocycles. The summed E-state index contributed by atoms with van der Waals surface area (Å²) in [6.45, 7) is 2.02. The van der Waals surface area contributed by atoms with Crippen LogP contribution < -0.4 is 5.46 Å². The normalized spacial score (nSPS) is 10.5. The number of benzene rings is 2. The third-order valence-electron chi connectivity index (χ3n) is 2.77. The van der Waals surface area contributed by atoms with Crippen molar-refractivity contribution < 1.29 is 14.4 Å². The van der Waals surface area contributed by atoms with Crippen LogP contribution >= 0.6 is 11.8 Å². The average molecular weight is 276 g/mol. The van der Waals surface area contributed by atoms with Crippen molar-refractivity contribution in [3.8, 4) is 0 Å². The Bertz CT molecular complexity index is 575. The molecule has 0 fully saturated rings. The van der Waals surface area contributed by atoms with E-state index in [2.05, 4.69) is 6.07 Å². The lowest BCUT2D eigenvalue weighted by Gasteiger charge is -2.09. The highest BCUT2D eigenvalue weighted by atomic mass is 32.2. The van der Waals surface area contributed by atoms with Crippen LogP contribution in [0.1, 0.15) is 11.1 Å². The van der Waals surface area contributed by atoms with Crippen molar-refractivity contribution in [1.29, 1.82) is 0 Å². The minimum Gasteiger partial charge on any atom is -0.423 e. The molecule has 2 aromatic rings. The van der Waals surface area contributed by atoms with Crippen LogP contribution in [0.15, 0.2) is 47.4 Å². The smallest absolute Gasteiger partial charge is 0.423 e. The van der Waals surface area contributed by atoms with E-state index in [4.69, 9.17) is 0 Å². The standard InChI is InChI=1S/C14H14BFO2S/c1-10-3-2-4-13(7-10)19-9-11-5-6-12(16)8-14(11)15(17)18/h2-8,17-18H,9H2,1H3. The summed E-state index contributed by atoms with van der Waals surface area (Å²) in [4.78, 5) is 1.10. The van der Waals surface area contributed by atoms with Crippen LogP contribution in [0.4, 0.5) is 4.39 Å². The Labute approximate surface area is 116 Å². The van der Waals surface area contributed by atoms with Crippen molar-refractivity contribution in [2.24, 2.45) is 0 Å². The second-order valence-electron chi connectivity index (χ2n) is 4.32. The summed E-state index contributed by atoms with van der Waals surface area (Å²) < 4.78 is 13.1. The summed E-state index contributed by atoms with van der Waals surface area (Å²) in [5.74, 6) is 0.101. The number of rotatable bonds is 4. The fourth-order valence-electron chi connectivity index (χ4n) is 1.80. The first-order chi connectivity index (χ1) is 9.06. The molecule has 98 valence electrons. The SMILES string of the molecule is Cc1cccc(SCc2ccc(F)cc2B(O)O)c1. The van der Waals surface area contributed by atoms with Gasteiger partial charge in [0.15, 0.2) is 0 Å². The van der Waals surface area contributed by atoms with Gasteiger partial charge in [-0.25, -0.2) is 4.39 Å². The maximum atomic E-state index is 13.1. The van der Waals surface area contributed by atoms with Crippen LogP contribution in [0, 0.1) is 12.7 Å². The summed E-state index contributed by atoms with van der Waals surface area (Å²) in [6, 6.07) is 12.1. The topological polar surface area (TPSA) is 40.5 Å². The van der Waals surface area contributed by atoms with Gasteiger partial charge in [-0.05, 0) is 42.2 Å². The first kappa shape index (κ1) is 14.1. The van der Waals surface area contributed by atoms with Crippen molar-refractivity contribution in [1.82, 2.24) is 0 Å². The molecule has 2 rings (SSSR count). The lowest BCUT2D eigenvalue weighted by Crippen LogP contribution is -2.33. The Kier molecular flexibility index (Phi) is 4.63. The maximum Gasteiger partial charge on any atom is 0.488 e. The lowest BCUT2D eigenvalue weighted by molar-refractivity contribution is 0.425. The molecule has 0 atom stereocenters. The Hall–Kier alpha value is -1.30. The molecule has 0 bridgehead atoms. The molecule has 2 N–H and O–H groups in total. The molecule has 5 heteroatoms. The zero-order valence-electron chi connectivity index (χ0n) is 10.5. The highest BCUT2D eigenvalue weighted by Gasteiger charge is 2.16. The third-order valence-corrected chi connectivity index (χ3v) is 3.81. The van der Waals surface area contributed by atoms with Crippen LogP contribution in [0.25, 0.3) is 0 Å². The van der Waals surface area contributed by atoms with Crippen molar-refractivity contribution in [3.63, 3.8) is 0 Å². The molecule has 0 spiro atoms. The molecule has 0 saturated heterocycles. The van der Waals surface area contributed by atoms with Gasteiger partial charge in [0.05, 0.1) is 0 Å². The van der Waals surface area contributed by atoms with Crippen molar-refractivity contribution in [2.75, 3.05) is 0 Å². The lowest BCUT2D eigenvalue weighted by atomic mass is 9.77. The number of hydrogen-bond acceptors (Lipinski definition) is 3. The van der Waals surface area contributed by atoms with E-state index in [1.807, 2.05) is 25.1 Å². The Morgan fingerprint density at radius 1 is 1.16 bits per heavy atom. The van der Waals surface area contributed by atoms with Gasteiger partial charge in [0.1, 0.15) is 5.82 Å². The van der Waals surface area contributed by atoms with Crippen LogP contribution in [0.3, 0.4) is 0 Å². The second-order valence-corrected chi connectivity index (χ2v) is 5.37. The van der Waals surface area contributed by atoms with Gasteiger partial charge in [-0.15, -0.1) is 11.8 Å². The zero-order valence-corrected chi connectivity index (χ0v) is 11.3. The molecule has 2 nitrogen and oxygen atoms in total. The van der Waals surface area contributed by atoms with E-state index in [0.29, 0.717) is 5.75 Å². The van der Waals surface area contributed by atoms with Gasteiger partial charge in [0, 0.05) is 10.6 Å². The Balaban J connectivity index is 2.15. The van der Waals surface area contributed by atoms with Crippen LogP contribution in [-0.4, -0.2) is 17.2 Å². The minimum atomic E-state index is -1.65. The molecule has 0 radical (unpaired) electrons. The predicted octanol–water partition coefficient (Wildman–Crippen LogP) is 2.11. The second kappa shape index (κ2) is 6.24. The molecular weight excluding hydrogens is 262 g/mol. The molecular formula is C14H14BFO2S. The van der Waals surface area contributed by atoms with Crippen LogP contribution in [0.5, 0.6) is 0 Å². The summed E-state index contributed by atoms with van der Waals surface area (Å²) in [5.41, 5.74) is 2.12. The fraction of sp³-hybridized carbons (Fsp3) is 0.143. The molecule has 0 aliphatic rings. The van der Waals surface area contributed by atoms with Gasteiger partial charge in [-0.1, -0.05) is 23.8 Å². The summed E-state index contributed by atoms with van der Waals surface area (Å²) in [7, 11) is -1.65. The molecule has 0 aromatic heterocycles. The van der Waals surface area contributed by atoms with E-state index >= 15 is 0 Å².